The van der Waals surface area contributed by atoms with Crippen LogP contribution < -0.4 is 5.32 Å². The largest absolute Gasteiger partial charge is 0.310 e. The minimum Gasteiger partial charge on any atom is -0.310 e. The number of aryl methyl sites for hydroxylation is 1. The lowest BCUT2D eigenvalue weighted by Crippen LogP contribution is -2.56. The summed E-state index contributed by atoms with van der Waals surface area (Å²) in [7, 11) is 6.53. The molecule has 4 nitrogen and oxygen atoms in total. The minimum absolute atomic E-state index is 0.155. The van der Waals surface area contributed by atoms with Crippen LogP contribution in [0.25, 0.3) is 0 Å². The number of hydrogen-bond acceptors (Lipinski definition) is 3. The maximum Gasteiger partial charge on any atom is 0.0714 e. The Morgan fingerprint density at radius 1 is 1.57 bits per heavy atom. The first-order chi connectivity index (χ1) is 9.96. The number of nitrogens with zero attached hydrogens (tertiary/aromatic N) is 3. The Kier molecular flexibility index (Phi) is 5.49. The Morgan fingerprint density at radius 2 is 2.29 bits per heavy atom. The molecule has 2 rings (SSSR count). The van der Waals surface area contributed by atoms with Crippen LogP contribution in [0.15, 0.2) is 10.7 Å². The normalized spacial score (nSPS) is 28.0. The van der Waals surface area contributed by atoms with Crippen LogP contribution in [0, 0.1) is 5.92 Å². The Balaban J connectivity index is 2.47. The molecule has 120 valence electrons. The van der Waals surface area contributed by atoms with Gasteiger partial charge in [-0.15, -0.1) is 0 Å². The van der Waals surface area contributed by atoms with Crippen molar-refractivity contribution in [3.63, 3.8) is 0 Å². The number of likely N-dealkylation sites (N-methyl/N-ethyl adjacent to an activating group) is 2. The third-order valence-electron chi connectivity index (χ3n) is 5.13. The topological polar surface area (TPSA) is 33.1 Å². The van der Waals surface area contributed by atoms with Gasteiger partial charge in [0.15, 0.2) is 0 Å². The van der Waals surface area contributed by atoms with Gasteiger partial charge in [-0.1, -0.05) is 19.8 Å². The van der Waals surface area contributed by atoms with Gasteiger partial charge in [0, 0.05) is 12.1 Å². The van der Waals surface area contributed by atoms with E-state index in [0.29, 0.717) is 0 Å². The molecule has 1 heterocycles. The first kappa shape index (κ1) is 17.0. The van der Waals surface area contributed by atoms with Gasteiger partial charge in [-0.25, -0.2) is 0 Å². The minimum atomic E-state index is 0.155. The summed E-state index contributed by atoms with van der Waals surface area (Å²) in [6.07, 6.45) is 7.04. The van der Waals surface area contributed by atoms with Gasteiger partial charge in [0.2, 0.25) is 0 Å². The monoisotopic (exact) mass is 356 g/mol. The molecule has 1 N–H and O–H groups in total. The third-order valence-corrected chi connectivity index (χ3v) is 5.74. The average Bonchev–Trinajstić information content (AvgIpc) is 2.81. The molecule has 0 spiro atoms. The number of halogens is 1. The molecule has 0 aliphatic heterocycles. The van der Waals surface area contributed by atoms with Crippen LogP contribution in [0.1, 0.15) is 51.3 Å². The summed E-state index contributed by atoms with van der Waals surface area (Å²) < 4.78 is 3.23. The first-order valence-corrected chi connectivity index (χ1v) is 8.81. The lowest BCUT2D eigenvalue weighted by Gasteiger charge is -2.50. The fourth-order valence-electron chi connectivity index (χ4n) is 4.06. The highest BCUT2D eigenvalue weighted by molar-refractivity contribution is 9.10. The second-order valence-corrected chi connectivity index (χ2v) is 7.47. The van der Waals surface area contributed by atoms with Crippen LogP contribution in [0.4, 0.5) is 0 Å². The van der Waals surface area contributed by atoms with Gasteiger partial charge in [0.25, 0.3) is 0 Å². The van der Waals surface area contributed by atoms with E-state index in [-0.39, 0.29) is 11.6 Å². The number of nitrogens with one attached hydrogen (secondary N) is 1. The molecule has 1 aliphatic rings. The van der Waals surface area contributed by atoms with Gasteiger partial charge in [0.05, 0.1) is 22.4 Å². The molecule has 3 atom stereocenters. The summed E-state index contributed by atoms with van der Waals surface area (Å²) in [5.41, 5.74) is 1.44. The van der Waals surface area contributed by atoms with E-state index in [2.05, 4.69) is 70.9 Å². The van der Waals surface area contributed by atoms with Crippen LogP contribution in [0.3, 0.4) is 0 Å². The quantitative estimate of drug-likeness (QED) is 0.876. The van der Waals surface area contributed by atoms with Gasteiger partial charge in [-0.2, -0.15) is 5.10 Å². The van der Waals surface area contributed by atoms with Crippen molar-refractivity contribution in [3.05, 3.63) is 16.4 Å². The Labute approximate surface area is 137 Å². The molecule has 1 saturated carbocycles. The second kappa shape index (κ2) is 6.80. The molecule has 0 saturated heterocycles. The molecule has 0 aromatic carbocycles. The van der Waals surface area contributed by atoms with E-state index in [4.69, 9.17) is 0 Å². The molecule has 21 heavy (non-hydrogen) atoms. The van der Waals surface area contributed by atoms with Crippen molar-refractivity contribution in [2.75, 3.05) is 21.1 Å². The van der Waals surface area contributed by atoms with Gasteiger partial charge in [0.1, 0.15) is 0 Å². The predicted octanol–water partition coefficient (Wildman–Crippen LogP) is 3.44. The zero-order valence-corrected chi connectivity index (χ0v) is 15.6. The van der Waals surface area contributed by atoms with E-state index in [1.165, 1.54) is 31.4 Å². The standard InChI is InChI=1S/C16H29BrN4/c1-6-21-14(13(17)11-19-21)15(18-3)16(20(4)5)9-7-8-12(2)10-16/h11-12,15,18H,6-10H2,1-5H3. The summed E-state index contributed by atoms with van der Waals surface area (Å²) in [5, 5.41) is 8.12. The van der Waals surface area contributed by atoms with Crippen molar-refractivity contribution >= 4 is 15.9 Å². The molecule has 1 fully saturated rings. The molecular formula is C16H29BrN4. The predicted molar refractivity (Wildman–Crippen MR) is 91.5 cm³/mol. The summed E-state index contributed by atoms with van der Waals surface area (Å²) in [4.78, 5) is 2.43. The molecular weight excluding hydrogens is 328 g/mol. The van der Waals surface area contributed by atoms with E-state index in [9.17, 15) is 0 Å². The second-order valence-electron chi connectivity index (χ2n) is 6.61. The van der Waals surface area contributed by atoms with Crippen LogP contribution in [0.5, 0.6) is 0 Å². The molecule has 3 unspecified atom stereocenters. The highest BCUT2D eigenvalue weighted by Crippen LogP contribution is 2.45. The maximum atomic E-state index is 4.52. The number of hydrogen-bond donors (Lipinski definition) is 1. The molecule has 1 aliphatic carbocycles. The average molecular weight is 357 g/mol. The smallest absolute Gasteiger partial charge is 0.0714 e. The molecule has 1 aromatic rings. The maximum absolute atomic E-state index is 4.52. The van der Waals surface area contributed by atoms with Gasteiger partial charge in [-0.3, -0.25) is 4.68 Å². The van der Waals surface area contributed by atoms with E-state index in [0.717, 1.165) is 16.9 Å². The van der Waals surface area contributed by atoms with Crippen LogP contribution in [-0.4, -0.2) is 41.4 Å². The summed E-state index contributed by atoms with van der Waals surface area (Å²) in [5.74, 6) is 0.772. The van der Waals surface area contributed by atoms with Crippen molar-refractivity contribution in [1.29, 1.82) is 0 Å². The summed E-state index contributed by atoms with van der Waals surface area (Å²) in [6, 6.07) is 0.284. The Morgan fingerprint density at radius 3 is 2.81 bits per heavy atom. The van der Waals surface area contributed by atoms with Crippen LogP contribution in [-0.2, 0) is 6.54 Å². The van der Waals surface area contributed by atoms with Crippen LogP contribution >= 0.6 is 15.9 Å². The van der Waals surface area contributed by atoms with Crippen molar-refractivity contribution in [2.24, 2.45) is 5.92 Å². The number of rotatable bonds is 5. The van der Waals surface area contributed by atoms with E-state index in [1.807, 2.05) is 6.20 Å². The highest BCUT2D eigenvalue weighted by Gasteiger charge is 2.45. The Hall–Kier alpha value is -0.390. The van der Waals surface area contributed by atoms with E-state index < -0.39 is 0 Å². The SMILES string of the molecule is CCn1ncc(Br)c1C(NC)C1(N(C)C)CCCC(C)C1. The van der Waals surface area contributed by atoms with Gasteiger partial charge < -0.3 is 10.2 Å². The molecule has 5 heteroatoms. The van der Waals surface area contributed by atoms with Crippen LogP contribution in [0.2, 0.25) is 0 Å². The molecule has 0 amide bonds. The fourth-order valence-corrected chi connectivity index (χ4v) is 4.59. The number of aromatic nitrogens is 2. The third kappa shape index (κ3) is 3.06. The van der Waals surface area contributed by atoms with Crippen molar-refractivity contribution in [1.82, 2.24) is 20.0 Å². The molecule has 0 radical (unpaired) electrons. The van der Waals surface area contributed by atoms with Gasteiger partial charge >= 0.3 is 0 Å². The zero-order chi connectivity index (χ0) is 15.6. The first-order valence-electron chi connectivity index (χ1n) is 8.02. The van der Waals surface area contributed by atoms with Crippen molar-refractivity contribution in [2.45, 2.75) is 57.7 Å². The van der Waals surface area contributed by atoms with Crippen molar-refractivity contribution in [3.8, 4) is 0 Å². The van der Waals surface area contributed by atoms with Crippen molar-refractivity contribution < 1.29 is 0 Å². The summed E-state index contributed by atoms with van der Waals surface area (Å²) >= 11 is 3.71. The lowest BCUT2D eigenvalue weighted by atomic mass is 9.70. The zero-order valence-electron chi connectivity index (χ0n) is 14.0. The van der Waals surface area contributed by atoms with E-state index in [1.54, 1.807) is 0 Å². The fraction of sp³-hybridized carbons (Fsp3) is 0.812. The molecule has 0 bridgehead atoms. The van der Waals surface area contributed by atoms with Gasteiger partial charge in [-0.05, 0) is 62.8 Å². The van der Waals surface area contributed by atoms with E-state index >= 15 is 0 Å². The molecule has 1 aromatic heterocycles. The highest BCUT2D eigenvalue weighted by atomic mass is 79.9. The summed E-state index contributed by atoms with van der Waals surface area (Å²) in [6.45, 7) is 5.44. The lowest BCUT2D eigenvalue weighted by molar-refractivity contribution is 0.0361. The Bertz CT molecular complexity index is 471.